The van der Waals surface area contributed by atoms with Crippen LogP contribution in [0.5, 0.6) is 0 Å². The zero-order valence-corrected chi connectivity index (χ0v) is 23.2. The first-order valence-electron chi connectivity index (χ1n) is 13.1. The summed E-state index contributed by atoms with van der Waals surface area (Å²) in [5.74, 6) is -0.424. The minimum absolute atomic E-state index is 0.0389. The van der Waals surface area contributed by atoms with Crippen molar-refractivity contribution < 1.29 is 14.7 Å². The molecule has 41 heavy (non-hydrogen) atoms. The molecule has 10 nitrogen and oxygen atoms in total. The van der Waals surface area contributed by atoms with E-state index >= 15 is 0 Å². The van der Waals surface area contributed by atoms with Crippen LogP contribution in [0.1, 0.15) is 21.5 Å². The van der Waals surface area contributed by atoms with Crippen molar-refractivity contribution in [3.8, 4) is 11.3 Å². The molecule has 3 N–H and O–H groups in total. The number of nitrogens with zero attached hydrogens (tertiary/aromatic N) is 5. The number of hydrogen-bond acceptors (Lipinski definition) is 6. The summed E-state index contributed by atoms with van der Waals surface area (Å²) in [5.41, 5.74) is 11.7. The molecular formula is C30H29LiN6O4. The number of aromatic nitrogens is 4. The molecule has 0 bridgehead atoms. The van der Waals surface area contributed by atoms with Crippen LogP contribution in [0.3, 0.4) is 0 Å². The van der Waals surface area contributed by atoms with Gasteiger partial charge in [0.05, 0.1) is 12.0 Å². The summed E-state index contributed by atoms with van der Waals surface area (Å²) in [6.07, 6.45) is 0.322. The van der Waals surface area contributed by atoms with E-state index in [0.717, 1.165) is 33.4 Å². The monoisotopic (exact) mass is 544 g/mol. The number of likely N-dealkylation sites (N-methyl/N-ethyl adjacent to an activating group) is 1. The SMILES string of the molecule is O=C(O)c1ccccc1.[Li][CH2]n1nc(-c2cccc(Cn3c(N)nc4ccc(CC(=O)N(C)C)cc43)c2)ccc1=O. The molecule has 1 amide bonds. The number of anilines is 1. The predicted molar refractivity (Wildman–Crippen MR) is 159 cm³/mol. The van der Waals surface area contributed by atoms with Gasteiger partial charge in [0.15, 0.2) is 0 Å². The van der Waals surface area contributed by atoms with Crippen molar-refractivity contribution in [1.29, 1.82) is 0 Å². The van der Waals surface area contributed by atoms with Crippen LogP contribution in [0.15, 0.2) is 89.7 Å². The van der Waals surface area contributed by atoms with E-state index in [1.165, 1.54) is 10.7 Å². The Bertz CT molecular complexity index is 1750. The molecule has 0 spiro atoms. The molecule has 11 heteroatoms. The molecule has 0 atom stereocenters. The molecule has 0 radical (unpaired) electrons. The molecular weight excluding hydrogens is 515 g/mol. The third-order valence-corrected chi connectivity index (χ3v) is 6.45. The van der Waals surface area contributed by atoms with Gasteiger partial charge >= 0.3 is 159 Å². The zero-order chi connectivity index (χ0) is 29.5. The van der Waals surface area contributed by atoms with Gasteiger partial charge in [-0.05, 0) is 12.1 Å². The van der Waals surface area contributed by atoms with E-state index in [2.05, 4.69) is 10.1 Å². The van der Waals surface area contributed by atoms with Crippen molar-refractivity contribution >= 4 is 46.6 Å². The number of imidazole rings is 1. The number of aromatic carboxylic acids is 1. The Morgan fingerprint density at radius 1 is 0.951 bits per heavy atom. The third kappa shape index (κ3) is 7.31. The second kappa shape index (κ2) is 13.1. The summed E-state index contributed by atoms with van der Waals surface area (Å²) in [7, 11) is 3.50. The summed E-state index contributed by atoms with van der Waals surface area (Å²) < 4.78 is 3.39. The summed E-state index contributed by atoms with van der Waals surface area (Å²) >= 11 is 1.89. The van der Waals surface area contributed by atoms with Crippen LogP contribution >= 0.6 is 0 Å². The third-order valence-electron chi connectivity index (χ3n) is 6.45. The van der Waals surface area contributed by atoms with Gasteiger partial charge in [0.1, 0.15) is 0 Å². The van der Waals surface area contributed by atoms with Crippen LogP contribution < -0.4 is 11.3 Å². The van der Waals surface area contributed by atoms with Crippen LogP contribution in [0, 0.1) is 0 Å². The Morgan fingerprint density at radius 3 is 2.37 bits per heavy atom. The van der Waals surface area contributed by atoms with Gasteiger partial charge in [-0.2, -0.15) is 0 Å². The first kappa shape index (κ1) is 29.3. The zero-order valence-electron chi connectivity index (χ0n) is 23.2. The normalized spacial score (nSPS) is 10.6. The van der Waals surface area contributed by atoms with Crippen LogP contribution in [-0.2, 0) is 23.0 Å². The Hall–Kier alpha value is -4.65. The molecule has 204 valence electrons. The molecule has 0 fully saturated rings. The van der Waals surface area contributed by atoms with Gasteiger partial charge < -0.3 is 10.0 Å². The number of carboxylic acid groups (broad SMARTS) is 1. The molecule has 0 aliphatic heterocycles. The predicted octanol–water partition coefficient (Wildman–Crippen LogP) is 3.03. The molecule has 5 aromatic rings. The Balaban J connectivity index is 0.000000367. The van der Waals surface area contributed by atoms with Crippen LogP contribution in [-0.4, -0.2) is 73.0 Å². The maximum atomic E-state index is 12.1. The van der Waals surface area contributed by atoms with E-state index in [4.69, 9.17) is 10.8 Å². The van der Waals surface area contributed by atoms with Gasteiger partial charge in [-0.15, -0.1) is 0 Å². The number of carboxylic acids is 1. The average molecular weight is 545 g/mol. The van der Waals surface area contributed by atoms with E-state index in [1.54, 1.807) is 55.4 Å². The van der Waals surface area contributed by atoms with Gasteiger partial charge in [-0.1, -0.05) is 24.3 Å². The minimum atomic E-state index is -0.879. The van der Waals surface area contributed by atoms with Crippen LogP contribution in [0.2, 0.25) is 0 Å². The molecule has 2 aromatic heterocycles. The van der Waals surface area contributed by atoms with Gasteiger partial charge in [-0.25, -0.2) is 4.79 Å². The van der Waals surface area contributed by atoms with Gasteiger partial charge in [0.2, 0.25) is 5.91 Å². The van der Waals surface area contributed by atoms with Crippen molar-refractivity contribution in [2.24, 2.45) is 0 Å². The molecule has 0 unspecified atom stereocenters. The quantitative estimate of drug-likeness (QED) is 0.301. The van der Waals surface area contributed by atoms with Crippen molar-refractivity contribution in [3.63, 3.8) is 0 Å². The molecule has 0 saturated carbocycles. The molecule has 0 aliphatic carbocycles. The fourth-order valence-corrected chi connectivity index (χ4v) is 4.22. The Morgan fingerprint density at radius 2 is 1.71 bits per heavy atom. The Labute approximate surface area is 246 Å². The van der Waals surface area contributed by atoms with Crippen molar-refractivity contribution in [3.05, 3.63) is 112 Å². The standard InChI is InChI=1S/C23H23N6O2.C7H6O2.Li/c1-27(2)22(31)13-15-7-8-19-20(12-15)29(23(24)25-19)14-16-5-4-6-17(11-16)18-9-10-21(30)28(3)26-18;8-7(9)6-4-2-1-3-5-6;/h4-12H,3,13-14H2,1-2H3,(H2,24,25);1-5H,(H,8,9);. The van der Waals surface area contributed by atoms with Gasteiger partial charge in [0.25, 0.3) is 0 Å². The van der Waals surface area contributed by atoms with E-state index in [1.807, 2.05) is 64.7 Å². The van der Waals surface area contributed by atoms with Crippen LogP contribution in [0.4, 0.5) is 5.95 Å². The van der Waals surface area contributed by atoms with Gasteiger partial charge in [-0.3, -0.25) is 4.79 Å². The Kier molecular flexibility index (Phi) is 9.40. The first-order valence-corrected chi connectivity index (χ1v) is 13.1. The van der Waals surface area contributed by atoms with E-state index in [9.17, 15) is 14.4 Å². The second-order valence-electron chi connectivity index (χ2n) is 9.59. The second-order valence-corrected chi connectivity index (χ2v) is 9.59. The van der Waals surface area contributed by atoms with Crippen molar-refractivity contribution in [1.82, 2.24) is 24.2 Å². The van der Waals surface area contributed by atoms with Gasteiger partial charge in [0, 0.05) is 14.1 Å². The van der Waals surface area contributed by atoms with Crippen LogP contribution in [0.25, 0.3) is 22.3 Å². The topological polar surface area (TPSA) is 136 Å². The van der Waals surface area contributed by atoms with Crippen molar-refractivity contribution in [2.45, 2.75) is 18.2 Å². The summed E-state index contributed by atoms with van der Waals surface area (Å²) in [6.45, 7) is 0.522. The van der Waals surface area contributed by atoms with E-state index in [-0.39, 0.29) is 11.5 Å². The maximum absolute atomic E-state index is 12.1. The fraction of sp³-hybridized carbons (Fsp3) is 0.167. The summed E-state index contributed by atoms with van der Waals surface area (Å²) in [6, 6.07) is 25.3. The molecule has 3 aromatic carbocycles. The first-order chi connectivity index (χ1) is 19.7. The summed E-state index contributed by atoms with van der Waals surface area (Å²) in [5, 5.41) is 13.3. The number of fused-ring (bicyclic) bond motifs is 1. The number of hydrogen-bond donors (Lipinski definition) is 2. The molecule has 0 aliphatic rings. The number of nitrogen functional groups attached to an aromatic ring is 1. The van der Waals surface area contributed by atoms with E-state index < -0.39 is 5.97 Å². The molecule has 2 heterocycles. The number of carbonyl (C=O) groups excluding carboxylic acids is 1. The number of rotatable bonds is 7. The number of benzene rings is 3. The molecule has 5 rings (SSSR count). The fourth-order valence-electron chi connectivity index (χ4n) is 4.22. The summed E-state index contributed by atoms with van der Waals surface area (Å²) in [4.78, 5) is 40.2. The number of nitrogens with two attached hydrogens (primary N) is 1. The average Bonchev–Trinajstić information content (AvgIpc) is 3.28. The number of carbonyl (C=O) groups is 2. The van der Waals surface area contributed by atoms with Crippen molar-refractivity contribution in [2.75, 3.05) is 19.8 Å². The molecule has 0 saturated heterocycles. The van der Waals surface area contributed by atoms with E-state index in [0.29, 0.717) is 29.7 Å². The number of amides is 1.